The maximum absolute atomic E-state index is 12.3. The highest BCUT2D eigenvalue weighted by Crippen LogP contribution is 2.23. The summed E-state index contributed by atoms with van der Waals surface area (Å²) in [4.78, 5) is 14.2. The second-order valence-corrected chi connectivity index (χ2v) is 5.83. The molecular weight excluding hydrogens is 252 g/mol. The summed E-state index contributed by atoms with van der Waals surface area (Å²) in [5.41, 5.74) is 0.685. The van der Waals surface area contributed by atoms with E-state index in [0.29, 0.717) is 0 Å². The molecule has 1 N–H and O–H groups in total. The second kappa shape index (κ2) is 6.16. The molecule has 0 unspecified atom stereocenters. The summed E-state index contributed by atoms with van der Waals surface area (Å²) < 4.78 is 5.16. The first kappa shape index (κ1) is 14.7. The van der Waals surface area contributed by atoms with Crippen molar-refractivity contribution in [2.45, 2.75) is 38.6 Å². The van der Waals surface area contributed by atoms with Crippen LogP contribution >= 0.6 is 0 Å². The van der Waals surface area contributed by atoms with Gasteiger partial charge in [-0.15, -0.1) is 0 Å². The van der Waals surface area contributed by atoms with E-state index in [1.54, 1.807) is 7.11 Å². The van der Waals surface area contributed by atoms with Gasteiger partial charge in [0.2, 0.25) is 0 Å². The lowest BCUT2D eigenvalue weighted by Gasteiger charge is -2.33. The van der Waals surface area contributed by atoms with Gasteiger partial charge < -0.3 is 15.0 Å². The van der Waals surface area contributed by atoms with Crippen LogP contribution in [0.2, 0.25) is 0 Å². The van der Waals surface area contributed by atoms with E-state index in [2.05, 4.69) is 5.32 Å². The summed E-state index contributed by atoms with van der Waals surface area (Å²) in [5, 5.41) is 3.13. The van der Waals surface area contributed by atoms with Crippen LogP contribution in [0.5, 0.6) is 5.75 Å². The molecule has 2 amide bonds. The average Bonchev–Trinajstić information content (AvgIpc) is 2.48. The van der Waals surface area contributed by atoms with Crippen molar-refractivity contribution in [1.82, 2.24) is 10.2 Å². The lowest BCUT2D eigenvalue weighted by molar-refractivity contribution is 0.176. The Bertz CT molecular complexity index is 448. The molecule has 1 aromatic carbocycles. The number of likely N-dealkylation sites (tertiary alicyclic amines) is 1. The largest absolute Gasteiger partial charge is 0.497 e. The monoisotopic (exact) mass is 276 g/mol. The van der Waals surface area contributed by atoms with Crippen LogP contribution < -0.4 is 10.1 Å². The van der Waals surface area contributed by atoms with E-state index < -0.39 is 0 Å². The van der Waals surface area contributed by atoms with Crippen LogP contribution in [0.25, 0.3) is 0 Å². The van der Waals surface area contributed by atoms with Gasteiger partial charge in [0.1, 0.15) is 5.75 Å². The van der Waals surface area contributed by atoms with Gasteiger partial charge in [-0.05, 0) is 50.8 Å². The van der Waals surface area contributed by atoms with Gasteiger partial charge in [0.05, 0.1) is 12.6 Å². The summed E-state index contributed by atoms with van der Waals surface area (Å²) in [6, 6.07) is 7.87. The third-order valence-corrected chi connectivity index (χ3v) is 3.87. The summed E-state index contributed by atoms with van der Waals surface area (Å²) >= 11 is 0. The Morgan fingerprint density at radius 2 is 1.75 bits per heavy atom. The number of carbonyl (C=O) groups excluding carboxylic acids is 1. The summed E-state index contributed by atoms with van der Waals surface area (Å²) in [7, 11) is 1.65. The predicted molar refractivity (Wildman–Crippen MR) is 80.0 cm³/mol. The van der Waals surface area contributed by atoms with Gasteiger partial charge in [0.15, 0.2) is 0 Å². The third-order valence-electron chi connectivity index (χ3n) is 3.87. The fraction of sp³-hybridized carbons (Fsp3) is 0.562. The molecule has 4 nitrogen and oxygen atoms in total. The highest BCUT2D eigenvalue weighted by molar-refractivity contribution is 5.75. The number of nitrogens with one attached hydrogen (secondary N) is 1. The number of carbonyl (C=O) groups is 1. The molecule has 1 aliphatic rings. The van der Waals surface area contributed by atoms with E-state index in [0.717, 1.165) is 37.2 Å². The third kappa shape index (κ3) is 3.44. The highest BCUT2D eigenvalue weighted by atomic mass is 16.5. The normalized spacial score (nSPS) is 15.8. The zero-order chi connectivity index (χ0) is 14.6. The summed E-state index contributed by atoms with van der Waals surface area (Å²) in [6.07, 6.45) is 3.44. The summed E-state index contributed by atoms with van der Waals surface area (Å²) in [5.74, 6) is 0.826. The first-order valence-electron chi connectivity index (χ1n) is 7.24. The molecule has 1 aliphatic heterocycles. The van der Waals surface area contributed by atoms with Gasteiger partial charge in [-0.2, -0.15) is 0 Å². The molecule has 1 saturated heterocycles. The number of methoxy groups -OCH3 is 1. The number of piperidine rings is 1. The Morgan fingerprint density at radius 1 is 1.15 bits per heavy atom. The minimum atomic E-state index is -0.388. The molecule has 0 spiro atoms. The van der Waals surface area contributed by atoms with Crippen LogP contribution in [0, 0.1) is 0 Å². The Labute approximate surface area is 121 Å². The standard InChI is InChI=1S/C16H24N2O2/c1-16(2,13-7-9-14(20-3)10-8-13)17-15(19)18-11-5-4-6-12-18/h7-10H,4-6,11-12H2,1-3H3,(H,17,19). The molecule has 0 saturated carbocycles. The topological polar surface area (TPSA) is 41.6 Å². The lowest BCUT2D eigenvalue weighted by Crippen LogP contribution is -2.49. The molecule has 1 heterocycles. The number of hydrogen-bond donors (Lipinski definition) is 1. The number of ether oxygens (including phenoxy) is 1. The number of benzene rings is 1. The number of rotatable bonds is 3. The van der Waals surface area contributed by atoms with Crippen LogP contribution in [0.3, 0.4) is 0 Å². The predicted octanol–water partition coefficient (Wildman–Crippen LogP) is 3.13. The van der Waals surface area contributed by atoms with Crippen LogP contribution in [0.1, 0.15) is 38.7 Å². The van der Waals surface area contributed by atoms with E-state index in [4.69, 9.17) is 4.74 Å². The molecule has 0 atom stereocenters. The van der Waals surface area contributed by atoms with Gasteiger partial charge >= 0.3 is 6.03 Å². The van der Waals surface area contributed by atoms with E-state index in [1.165, 1.54) is 6.42 Å². The SMILES string of the molecule is COc1ccc(C(C)(C)NC(=O)N2CCCCC2)cc1. The Balaban J connectivity index is 2.03. The smallest absolute Gasteiger partial charge is 0.318 e. The van der Waals surface area contributed by atoms with E-state index in [9.17, 15) is 4.79 Å². The Hall–Kier alpha value is -1.71. The average molecular weight is 276 g/mol. The van der Waals surface area contributed by atoms with Crippen molar-refractivity contribution >= 4 is 6.03 Å². The molecule has 1 aromatic rings. The Kier molecular flexibility index (Phi) is 4.53. The number of amides is 2. The van der Waals surface area contributed by atoms with Gasteiger partial charge in [-0.1, -0.05) is 12.1 Å². The fourth-order valence-electron chi connectivity index (χ4n) is 2.52. The van der Waals surface area contributed by atoms with E-state index >= 15 is 0 Å². The first-order valence-corrected chi connectivity index (χ1v) is 7.24. The number of nitrogens with zero attached hydrogens (tertiary/aromatic N) is 1. The van der Waals surface area contributed by atoms with Crippen LogP contribution in [-0.2, 0) is 5.54 Å². The molecule has 20 heavy (non-hydrogen) atoms. The quantitative estimate of drug-likeness (QED) is 0.921. The molecular formula is C16H24N2O2. The van der Waals surface area contributed by atoms with Crippen LogP contribution in [-0.4, -0.2) is 31.1 Å². The molecule has 0 radical (unpaired) electrons. The zero-order valence-electron chi connectivity index (χ0n) is 12.6. The van der Waals surface area contributed by atoms with E-state index in [1.807, 2.05) is 43.0 Å². The van der Waals surface area contributed by atoms with Gasteiger partial charge in [-0.25, -0.2) is 4.79 Å². The van der Waals surface area contributed by atoms with Gasteiger partial charge in [-0.3, -0.25) is 0 Å². The number of hydrogen-bond acceptors (Lipinski definition) is 2. The van der Waals surface area contributed by atoms with Crippen molar-refractivity contribution in [3.63, 3.8) is 0 Å². The Morgan fingerprint density at radius 3 is 2.30 bits per heavy atom. The molecule has 0 bridgehead atoms. The zero-order valence-corrected chi connectivity index (χ0v) is 12.6. The van der Waals surface area contributed by atoms with Crippen LogP contribution in [0.15, 0.2) is 24.3 Å². The van der Waals surface area contributed by atoms with Crippen molar-refractivity contribution in [3.05, 3.63) is 29.8 Å². The first-order chi connectivity index (χ1) is 9.53. The molecule has 0 aliphatic carbocycles. The molecule has 1 fully saturated rings. The summed E-state index contributed by atoms with van der Waals surface area (Å²) in [6.45, 7) is 5.78. The molecule has 2 rings (SSSR count). The molecule has 110 valence electrons. The maximum Gasteiger partial charge on any atom is 0.318 e. The second-order valence-electron chi connectivity index (χ2n) is 5.83. The van der Waals surface area contributed by atoms with Crippen molar-refractivity contribution in [1.29, 1.82) is 0 Å². The van der Waals surface area contributed by atoms with Crippen molar-refractivity contribution in [2.24, 2.45) is 0 Å². The van der Waals surface area contributed by atoms with Gasteiger partial charge in [0, 0.05) is 13.1 Å². The van der Waals surface area contributed by atoms with E-state index in [-0.39, 0.29) is 11.6 Å². The van der Waals surface area contributed by atoms with Crippen molar-refractivity contribution < 1.29 is 9.53 Å². The van der Waals surface area contributed by atoms with Crippen molar-refractivity contribution in [2.75, 3.05) is 20.2 Å². The maximum atomic E-state index is 12.3. The molecule has 4 heteroatoms. The minimum absolute atomic E-state index is 0.0329. The highest BCUT2D eigenvalue weighted by Gasteiger charge is 2.26. The van der Waals surface area contributed by atoms with Gasteiger partial charge in [0.25, 0.3) is 0 Å². The van der Waals surface area contributed by atoms with Crippen molar-refractivity contribution in [3.8, 4) is 5.75 Å². The number of urea groups is 1. The van der Waals surface area contributed by atoms with Crippen LogP contribution in [0.4, 0.5) is 4.79 Å². The molecule has 0 aromatic heterocycles. The lowest BCUT2D eigenvalue weighted by atomic mass is 9.94. The fourth-order valence-corrected chi connectivity index (χ4v) is 2.52. The minimum Gasteiger partial charge on any atom is -0.497 e.